The van der Waals surface area contributed by atoms with Crippen molar-refractivity contribution < 1.29 is 9.59 Å². The van der Waals surface area contributed by atoms with Crippen LogP contribution >= 0.6 is 48.0 Å². The molecule has 0 aliphatic carbocycles. The first-order chi connectivity index (χ1) is 19.7. The molecule has 1 saturated heterocycles. The van der Waals surface area contributed by atoms with E-state index in [0.29, 0.717) is 26.1 Å². The van der Waals surface area contributed by atoms with Crippen LogP contribution in [0.4, 0.5) is 16.2 Å². The average Bonchev–Trinajstić information content (AvgIpc) is 3.59. The molecule has 1 aliphatic heterocycles. The van der Waals surface area contributed by atoms with Crippen LogP contribution in [0.3, 0.4) is 0 Å². The van der Waals surface area contributed by atoms with Crippen molar-refractivity contribution >= 4 is 71.3 Å². The Morgan fingerprint density at radius 3 is 2.44 bits per heavy atom. The number of benzene rings is 1. The quantitative estimate of drug-likeness (QED) is 0.174. The van der Waals surface area contributed by atoms with E-state index >= 15 is 0 Å². The number of carbonyl (C=O) groups excluding carboxylic acids is 2. The van der Waals surface area contributed by atoms with Crippen molar-refractivity contribution in [1.29, 1.82) is 0 Å². The van der Waals surface area contributed by atoms with Crippen LogP contribution in [0.1, 0.15) is 23.9 Å². The van der Waals surface area contributed by atoms with Gasteiger partial charge in [-0.3, -0.25) is 24.6 Å². The van der Waals surface area contributed by atoms with Crippen LogP contribution in [0.25, 0.3) is 11.1 Å². The predicted octanol–water partition coefficient (Wildman–Crippen LogP) is 7.55. The van der Waals surface area contributed by atoms with Gasteiger partial charge in [0.1, 0.15) is 0 Å². The third-order valence-electron chi connectivity index (χ3n) is 6.91. The highest BCUT2D eigenvalue weighted by Gasteiger charge is 2.30. The molecule has 1 aliphatic rings. The second-order valence-corrected chi connectivity index (χ2v) is 30.5. The minimum atomic E-state index is -0.344. The molecule has 1 aromatic carbocycles. The Bertz CT molecular complexity index is 1530. The number of amides is 3. The van der Waals surface area contributed by atoms with Gasteiger partial charge in [0.05, 0.1) is 30.1 Å². The summed E-state index contributed by atoms with van der Waals surface area (Å²) in [5, 5.41) is 0. The predicted molar refractivity (Wildman–Crippen MR) is 184 cm³/mol. The molecule has 0 saturated carbocycles. The molecule has 212 valence electrons. The molecule has 5 rings (SSSR count). The molecular weight excluding hydrogens is 626 g/mol. The zero-order valence-corrected chi connectivity index (χ0v) is 29.0. The minimum absolute atomic E-state index is 0.00470. The highest BCUT2D eigenvalue weighted by molar-refractivity contribution is 8.95. The molecule has 0 bridgehead atoms. The van der Waals surface area contributed by atoms with Crippen molar-refractivity contribution in [3.05, 3.63) is 89.7 Å². The third kappa shape index (κ3) is 7.37. The van der Waals surface area contributed by atoms with Crippen molar-refractivity contribution in [3.63, 3.8) is 0 Å². The van der Waals surface area contributed by atoms with E-state index < -0.39 is 0 Å². The van der Waals surface area contributed by atoms with Crippen LogP contribution in [0.2, 0.25) is 0 Å². The lowest BCUT2D eigenvalue weighted by atomic mass is 10.1. The fraction of sp³-hybridized carbons (Fsp3) is 0.222. The summed E-state index contributed by atoms with van der Waals surface area (Å²) in [5.41, 5.74) is 6.62. The monoisotopic (exact) mass is 658 g/mol. The van der Waals surface area contributed by atoms with Gasteiger partial charge in [0.15, 0.2) is 0 Å². The van der Waals surface area contributed by atoms with Gasteiger partial charge in [-0.2, -0.15) is 0 Å². The normalized spacial score (nSPS) is 14.6. The van der Waals surface area contributed by atoms with Crippen molar-refractivity contribution in [1.82, 2.24) is 19.9 Å². The number of rotatable bonds is 9. The summed E-state index contributed by atoms with van der Waals surface area (Å²) in [5.74, 6) is 4.36. The number of carbonyl (C=O) groups is 2. The third-order valence-corrected chi connectivity index (χ3v) is 33.6. The van der Waals surface area contributed by atoms with Gasteiger partial charge in [-0.15, -0.1) is 17.9 Å². The molecule has 5 atom stereocenters. The van der Waals surface area contributed by atoms with E-state index in [9.17, 15) is 9.59 Å². The van der Waals surface area contributed by atoms with Crippen molar-refractivity contribution in [2.45, 2.75) is 19.9 Å². The Morgan fingerprint density at radius 1 is 1.00 bits per heavy atom. The summed E-state index contributed by atoms with van der Waals surface area (Å²) >= 11 is 0. The van der Waals surface area contributed by atoms with Gasteiger partial charge in [0.2, 0.25) is 5.91 Å². The van der Waals surface area contributed by atoms with E-state index in [1.807, 2.05) is 53.7 Å². The molecule has 4 heterocycles. The molecule has 0 spiro atoms. The van der Waals surface area contributed by atoms with Crippen LogP contribution in [-0.2, 0) is 17.8 Å². The van der Waals surface area contributed by atoms with E-state index in [2.05, 4.69) is 59.5 Å². The average molecular weight is 658 g/mol. The first-order valence-electron chi connectivity index (χ1n) is 12.9. The van der Waals surface area contributed by atoms with Gasteiger partial charge in [0.25, 0.3) is 0 Å². The zero-order valence-electron chi connectivity index (χ0n) is 22.8. The van der Waals surface area contributed by atoms with Gasteiger partial charge in [-0.1, -0.05) is 34.3 Å². The molecule has 8 nitrogen and oxygen atoms in total. The van der Waals surface area contributed by atoms with E-state index in [1.165, 1.54) is 0 Å². The summed E-state index contributed by atoms with van der Waals surface area (Å²) in [7, 11) is 10.3. The van der Waals surface area contributed by atoms with Crippen LogP contribution in [0.5, 0.6) is 0 Å². The molecule has 4 aromatic rings. The number of hydrogen-bond acceptors (Lipinski definition) is 5. The summed E-state index contributed by atoms with van der Waals surface area (Å²) in [6, 6.07) is 14.0. The standard InChI is InChI=1S/C27H32N6O2P6/c1-19(34)31(2)25-7-4-21(5-8-25)22-3-6-23(29-14-22)11-20-12-26(15-28-13-20)33-10-9-32(27(33)35)16-24-17-39(18-30-24)41(38)40(36)37/h3-8,12-15,17-18H,9-11,16,36-38H2,1-2H3. The van der Waals surface area contributed by atoms with Gasteiger partial charge >= 0.3 is 6.03 Å². The van der Waals surface area contributed by atoms with Crippen molar-refractivity contribution in [2.75, 3.05) is 29.9 Å². The maximum absolute atomic E-state index is 13.3. The molecule has 3 amide bonds. The lowest BCUT2D eigenvalue weighted by Gasteiger charge is -2.18. The number of hydrogen-bond donors (Lipinski definition) is 0. The second kappa shape index (κ2) is 13.6. The molecule has 0 N–H and O–H groups in total. The summed E-state index contributed by atoms with van der Waals surface area (Å²) in [6.45, 7) is 3.06. The molecule has 0 radical (unpaired) electrons. The van der Waals surface area contributed by atoms with Gasteiger partial charge in [-0.25, -0.2) is 4.79 Å². The fourth-order valence-electron chi connectivity index (χ4n) is 4.52. The van der Waals surface area contributed by atoms with Crippen LogP contribution in [0.15, 0.2) is 72.8 Å². The maximum atomic E-state index is 13.3. The Hall–Kier alpha value is -1.88. The Balaban J connectivity index is 1.21. The topological polar surface area (TPSA) is 82.5 Å². The summed E-state index contributed by atoms with van der Waals surface area (Å²) in [4.78, 5) is 43.9. The smallest absolute Gasteiger partial charge is 0.317 e. The number of urea groups is 1. The van der Waals surface area contributed by atoms with Gasteiger partial charge in [-0.05, 0) is 55.2 Å². The maximum Gasteiger partial charge on any atom is 0.325 e. The Labute approximate surface area is 250 Å². The molecule has 5 unspecified atom stereocenters. The van der Waals surface area contributed by atoms with Crippen molar-refractivity contribution in [3.8, 4) is 11.1 Å². The van der Waals surface area contributed by atoms with Crippen LogP contribution < -0.4 is 9.80 Å². The first-order valence-corrected chi connectivity index (χ1v) is 23.3. The van der Waals surface area contributed by atoms with Crippen LogP contribution in [-0.4, -0.2) is 51.9 Å². The molecule has 1 fully saturated rings. The van der Waals surface area contributed by atoms with Gasteiger partial charge < -0.3 is 9.80 Å². The Kier molecular flexibility index (Phi) is 10.2. The van der Waals surface area contributed by atoms with E-state index in [0.717, 1.165) is 39.5 Å². The van der Waals surface area contributed by atoms with E-state index in [-0.39, 0.29) is 33.1 Å². The summed E-state index contributed by atoms with van der Waals surface area (Å²) in [6.07, 6.45) is 6.06. The largest absolute Gasteiger partial charge is 0.325 e. The number of anilines is 2. The molecule has 3 aromatic heterocycles. The molecular formula is C27H32N6O2P6. The van der Waals surface area contributed by atoms with E-state index in [1.54, 1.807) is 30.0 Å². The van der Waals surface area contributed by atoms with Gasteiger partial charge in [0, 0.05) is 62.8 Å². The SMILES string of the molecule is CC(=O)N(C)c1ccc(-c2ccc(Cc3cncc(N4CCN(Cc5cp(P(P)P(P)P)cn5)C4=O)c3)nc2)cc1. The lowest BCUT2D eigenvalue weighted by Crippen LogP contribution is -2.31. The minimum Gasteiger partial charge on any atom is -0.317 e. The summed E-state index contributed by atoms with van der Waals surface area (Å²) < 4.78 is 0. The van der Waals surface area contributed by atoms with Crippen LogP contribution in [0, 0.1) is 0 Å². The molecule has 41 heavy (non-hydrogen) atoms. The zero-order chi connectivity index (χ0) is 29.1. The van der Waals surface area contributed by atoms with Crippen molar-refractivity contribution in [2.24, 2.45) is 0 Å². The highest BCUT2D eigenvalue weighted by Crippen LogP contribution is 2.93. The second-order valence-electron chi connectivity index (χ2n) is 9.69. The first kappa shape index (κ1) is 30.6. The highest BCUT2D eigenvalue weighted by atomic mass is 33.0. The lowest BCUT2D eigenvalue weighted by molar-refractivity contribution is -0.116. The fourth-order valence-corrected chi connectivity index (χ4v) is 18.3. The number of aromatic nitrogens is 3. The van der Waals surface area contributed by atoms with E-state index in [4.69, 9.17) is 0 Å². The number of nitrogens with zero attached hydrogens (tertiary/aromatic N) is 6. The Morgan fingerprint density at radius 2 is 1.76 bits per heavy atom. The molecule has 14 heteroatoms. The number of pyridine rings is 2.